The number of hydrogen-bond donors (Lipinski definition) is 2. The molecule has 0 saturated heterocycles. The minimum Gasteiger partial charge on any atom is -0.386 e. The Bertz CT molecular complexity index is 427. The quantitative estimate of drug-likeness (QED) is 0.552. The summed E-state index contributed by atoms with van der Waals surface area (Å²) in [5, 5.41) is 19.9. The zero-order valence-corrected chi connectivity index (χ0v) is 15.7. The van der Waals surface area contributed by atoms with E-state index >= 15 is 0 Å². The second kappa shape index (κ2) is 10.5. The Hall–Kier alpha value is -1.32. The third-order valence-electron chi connectivity index (χ3n) is 3.32. The third kappa shape index (κ3) is 10.9. The first-order valence-electron chi connectivity index (χ1n) is 8.63. The first-order valence-corrected chi connectivity index (χ1v) is 8.63. The van der Waals surface area contributed by atoms with Gasteiger partial charge in [-0.05, 0) is 58.6 Å². The molecule has 0 aromatic heterocycles. The molecule has 0 heterocycles. The van der Waals surface area contributed by atoms with Gasteiger partial charge in [-0.2, -0.15) is 0 Å². The lowest BCUT2D eigenvalue weighted by molar-refractivity contribution is -0.0510. The van der Waals surface area contributed by atoms with Crippen LogP contribution in [0.2, 0.25) is 0 Å². The Morgan fingerprint density at radius 2 is 1.52 bits per heavy atom. The molecule has 0 spiro atoms. The number of nitrogens with zero attached hydrogens (tertiary/aromatic N) is 1. The molecule has 132 valence electrons. The van der Waals surface area contributed by atoms with Crippen LogP contribution in [0.25, 0.3) is 0 Å². The molecule has 1 rings (SSSR count). The van der Waals surface area contributed by atoms with Crippen molar-refractivity contribution in [1.29, 1.82) is 0 Å². The number of unbranched alkanes of at least 4 members (excludes halogenated alkanes) is 1. The van der Waals surface area contributed by atoms with Crippen LogP contribution in [0.15, 0.2) is 42.6 Å². The van der Waals surface area contributed by atoms with Gasteiger partial charge in [0.1, 0.15) is 5.72 Å². The van der Waals surface area contributed by atoms with Gasteiger partial charge in [-0.15, -0.1) is 0 Å². The first kappa shape index (κ1) is 21.7. The first-order chi connectivity index (χ1) is 10.7. The van der Waals surface area contributed by atoms with E-state index < -0.39 is 11.3 Å². The fourth-order valence-corrected chi connectivity index (χ4v) is 2.06. The maximum absolute atomic E-state index is 10.2. The molecular weight excluding hydrogens is 286 g/mol. The Morgan fingerprint density at radius 3 is 2.00 bits per heavy atom. The van der Waals surface area contributed by atoms with Crippen LogP contribution in [0.1, 0.15) is 59.9 Å². The Balaban J connectivity index is 0.00000232. The fraction of sp³-hybridized carbons (Fsp3) is 0.600. The van der Waals surface area contributed by atoms with E-state index in [1.165, 1.54) is 5.56 Å². The third-order valence-corrected chi connectivity index (χ3v) is 3.32. The average Bonchev–Trinajstić information content (AvgIpc) is 2.47. The van der Waals surface area contributed by atoms with Crippen LogP contribution >= 0.6 is 0 Å². The molecule has 0 amide bonds. The molecule has 0 atom stereocenters. The Labute approximate surface area is 142 Å². The van der Waals surface area contributed by atoms with E-state index in [0.717, 1.165) is 25.8 Å². The summed E-state index contributed by atoms with van der Waals surface area (Å²) in [5.74, 6) is 0. The summed E-state index contributed by atoms with van der Waals surface area (Å²) in [6.45, 7) is 11.7. The molecule has 0 aliphatic heterocycles. The average molecular weight is 322 g/mol. The van der Waals surface area contributed by atoms with E-state index in [9.17, 15) is 10.2 Å². The number of rotatable bonds is 8. The molecule has 23 heavy (non-hydrogen) atoms. The highest BCUT2D eigenvalue weighted by atomic mass is 16.3. The van der Waals surface area contributed by atoms with Crippen LogP contribution in [0.3, 0.4) is 0 Å². The van der Waals surface area contributed by atoms with Crippen molar-refractivity contribution in [3.05, 3.63) is 48.2 Å². The zero-order valence-electron chi connectivity index (χ0n) is 15.7. The van der Waals surface area contributed by atoms with E-state index in [0.29, 0.717) is 0 Å². The molecule has 3 heteroatoms. The number of aryl methyl sites for hydroxylation is 1. The van der Waals surface area contributed by atoms with Gasteiger partial charge in [0.15, 0.2) is 0 Å². The molecule has 2 N–H and O–H groups in total. The predicted molar refractivity (Wildman–Crippen MR) is 99.2 cm³/mol. The molecule has 0 saturated carbocycles. The maximum Gasteiger partial charge on any atom is 0.131 e. The van der Waals surface area contributed by atoms with Gasteiger partial charge in [0.25, 0.3) is 0 Å². The van der Waals surface area contributed by atoms with Crippen molar-refractivity contribution in [2.45, 2.75) is 72.1 Å². The van der Waals surface area contributed by atoms with Gasteiger partial charge < -0.3 is 15.1 Å². The molecule has 0 aliphatic carbocycles. The van der Waals surface area contributed by atoms with Gasteiger partial charge in [-0.3, -0.25) is 0 Å². The van der Waals surface area contributed by atoms with Gasteiger partial charge in [-0.1, -0.05) is 44.2 Å². The summed E-state index contributed by atoms with van der Waals surface area (Å²) in [5.41, 5.74) is -0.443. The summed E-state index contributed by atoms with van der Waals surface area (Å²) < 4.78 is 0. The zero-order chi connectivity index (χ0) is 17.9. The van der Waals surface area contributed by atoms with Crippen LogP contribution in [0, 0.1) is 0 Å². The van der Waals surface area contributed by atoms with Gasteiger partial charge in [0.2, 0.25) is 0 Å². The van der Waals surface area contributed by atoms with E-state index in [1.807, 2.05) is 24.8 Å². The molecule has 1 aromatic rings. The molecular formula is C20H35NO2. The Kier molecular flexibility index (Phi) is 9.85. The largest absolute Gasteiger partial charge is 0.386 e. The smallest absolute Gasteiger partial charge is 0.131 e. The topological polar surface area (TPSA) is 43.7 Å². The van der Waals surface area contributed by atoms with E-state index in [2.05, 4.69) is 24.3 Å². The number of aliphatic hydroxyl groups is 2. The van der Waals surface area contributed by atoms with Gasteiger partial charge >= 0.3 is 0 Å². The van der Waals surface area contributed by atoms with Crippen molar-refractivity contribution >= 4 is 0 Å². The molecule has 0 unspecified atom stereocenters. The second-order valence-corrected chi connectivity index (χ2v) is 6.60. The lowest BCUT2D eigenvalue weighted by Crippen LogP contribution is -2.41. The number of benzene rings is 1. The summed E-state index contributed by atoms with van der Waals surface area (Å²) in [7, 11) is 0. The van der Waals surface area contributed by atoms with Crippen molar-refractivity contribution in [2.75, 3.05) is 6.54 Å². The fourth-order valence-electron chi connectivity index (χ4n) is 2.06. The molecule has 0 radical (unpaired) electrons. The minimum atomic E-state index is -0.922. The van der Waals surface area contributed by atoms with Crippen molar-refractivity contribution in [3.8, 4) is 0 Å². The SMILES string of the molecule is CC.CC(C)(O)/C=C\N(CCCCc1ccccc1)C(C)(C)O. The summed E-state index contributed by atoms with van der Waals surface area (Å²) >= 11 is 0. The van der Waals surface area contributed by atoms with Gasteiger partial charge in [0, 0.05) is 12.7 Å². The van der Waals surface area contributed by atoms with Crippen molar-refractivity contribution in [2.24, 2.45) is 0 Å². The normalized spacial score (nSPS) is 12.0. The van der Waals surface area contributed by atoms with Crippen molar-refractivity contribution in [3.63, 3.8) is 0 Å². The van der Waals surface area contributed by atoms with E-state index in [4.69, 9.17) is 0 Å². The standard InChI is InChI=1S/C18H29NO2.C2H6/c1-17(2,20)13-15-19(18(3,4)21)14-9-8-12-16-10-6-5-7-11-16;1-2/h5-7,10-11,13,15,20-21H,8-9,12,14H2,1-4H3;1-2H3/b15-13-;. The van der Waals surface area contributed by atoms with E-state index in [-0.39, 0.29) is 0 Å². The Morgan fingerprint density at radius 1 is 0.957 bits per heavy atom. The van der Waals surface area contributed by atoms with Crippen LogP contribution < -0.4 is 0 Å². The van der Waals surface area contributed by atoms with Crippen LogP contribution in [0.4, 0.5) is 0 Å². The minimum absolute atomic E-state index is 0.767. The second-order valence-electron chi connectivity index (χ2n) is 6.60. The highest BCUT2D eigenvalue weighted by Crippen LogP contribution is 2.15. The van der Waals surface area contributed by atoms with Gasteiger partial charge in [0.05, 0.1) is 5.60 Å². The van der Waals surface area contributed by atoms with Crippen LogP contribution in [-0.4, -0.2) is 33.0 Å². The highest BCUT2D eigenvalue weighted by Gasteiger charge is 2.20. The van der Waals surface area contributed by atoms with Crippen LogP contribution in [0.5, 0.6) is 0 Å². The lowest BCUT2D eigenvalue weighted by atomic mass is 10.1. The lowest BCUT2D eigenvalue weighted by Gasteiger charge is -2.34. The monoisotopic (exact) mass is 321 g/mol. The highest BCUT2D eigenvalue weighted by molar-refractivity contribution is 5.14. The number of hydrogen-bond acceptors (Lipinski definition) is 3. The summed E-state index contributed by atoms with van der Waals surface area (Å²) in [6.07, 6.45) is 6.63. The predicted octanol–water partition coefficient (Wildman–Crippen LogP) is 4.35. The summed E-state index contributed by atoms with van der Waals surface area (Å²) in [6, 6.07) is 10.4. The molecule has 0 aliphatic rings. The molecule has 3 nitrogen and oxygen atoms in total. The van der Waals surface area contributed by atoms with Crippen molar-refractivity contribution in [1.82, 2.24) is 4.90 Å². The summed E-state index contributed by atoms with van der Waals surface area (Å²) in [4.78, 5) is 1.87. The van der Waals surface area contributed by atoms with Crippen molar-refractivity contribution < 1.29 is 10.2 Å². The molecule has 0 fully saturated rings. The molecule has 1 aromatic carbocycles. The van der Waals surface area contributed by atoms with Gasteiger partial charge in [-0.25, -0.2) is 0 Å². The van der Waals surface area contributed by atoms with E-state index in [1.54, 1.807) is 40.0 Å². The molecule has 0 bridgehead atoms. The van der Waals surface area contributed by atoms with Crippen LogP contribution in [-0.2, 0) is 6.42 Å². The maximum atomic E-state index is 10.2.